The van der Waals surface area contributed by atoms with E-state index in [0.717, 1.165) is 16.7 Å². The fraction of sp³-hybridized carbons (Fsp3) is 0.320. The van der Waals surface area contributed by atoms with Crippen molar-refractivity contribution in [2.75, 3.05) is 20.8 Å². The van der Waals surface area contributed by atoms with Gasteiger partial charge in [0.1, 0.15) is 0 Å². The maximum absolute atomic E-state index is 12.3. The minimum atomic E-state index is -0.226. The van der Waals surface area contributed by atoms with E-state index >= 15 is 0 Å². The van der Waals surface area contributed by atoms with E-state index in [1.54, 1.807) is 20.3 Å². The Kier molecular flexibility index (Phi) is 7.65. The quantitative estimate of drug-likeness (QED) is 0.558. The number of nitrogens with zero attached hydrogens (tertiary/aromatic N) is 2. The van der Waals surface area contributed by atoms with Crippen LogP contribution in [0.15, 0.2) is 53.3 Å². The van der Waals surface area contributed by atoms with Gasteiger partial charge in [-0.1, -0.05) is 18.2 Å². The monoisotopic (exact) mass is 435 g/mol. The number of aromatic nitrogens is 2. The Morgan fingerprint density at radius 2 is 1.75 bits per heavy atom. The highest BCUT2D eigenvalue weighted by molar-refractivity contribution is 5.75. The molecule has 0 atom stereocenters. The molecule has 168 valence electrons. The number of methoxy groups -OCH3 is 2. The minimum absolute atomic E-state index is 0.129. The third kappa shape index (κ3) is 5.75. The van der Waals surface area contributed by atoms with Crippen LogP contribution in [0.1, 0.15) is 23.1 Å². The summed E-state index contributed by atoms with van der Waals surface area (Å²) < 4.78 is 11.9. The third-order valence-electron chi connectivity index (χ3n) is 5.40. The number of aryl methyl sites for hydroxylation is 3. The molecule has 0 radical (unpaired) electrons. The van der Waals surface area contributed by atoms with Crippen molar-refractivity contribution < 1.29 is 14.3 Å². The average molecular weight is 436 g/mol. The number of carbonyl (C=O) groups is 1. The maximum Gasteiger partial charge on any atom is 0.266 e. The summed E-state index contributed by atoms with van der Waals surface area (Å²) in [6.07, 6.45) is 0.835. The molecule has 7 nitrogen and oxygen atoms in total. The van der Waals surface area contributed by atoms with Crippen LogP contribution in [0.25, 0.3) is 11.3 Å². The molecule has 1 aromatic heterocycles. The first-order chi connectivity index (χ1) is 15.4. The number of ether oxygens (including phenoxy) is 2. The molecule has 0 aliphatic rings. The number of rotatable bonds is 9. The number of benzene rings is 2. The summed E-state index contributed by atoms with van der Waals surface area (Å²) >= 11 is 0. The second kappa shape index (κ2) is 10.6. The van der Waals surface area contributed by atoms with E-state index in [1.807, 2.05) is 43.3 Å². The van der Waals surface area contributed by atoms with Crippen LogP contribution in [0.2, 0.25) is 0 Å². The summed E-state index contributed by atoms with van der Waals surface area (Å²) in [5.41, 5.74) is 4.82. The fourth-order valence-electron chi connectivity index (χ4n) is 3.34. The Morgan fingerprint density at radius 1 is 0.969 bits per heavy atom. The highest BCUT2D eigenvalue weighted by Gasteiger charge is 2.08. The molecule has 0 aliphatic carbocycles. The predicted octanol–water partition coefficient (Wildman–Crippen LogP) is 3.29. The SMILES string of the molecule is COc1ccc(CCNC(=O)CCn2nc(-c3ccc(C)c(C)c3)ccc2=O)cc1OC. The normalized spacial score (nSPS) is 10.6. The maximum atomic E-state index is 12.3. The second-order valence-corrected chi connectivity index (χ2v) is 7.62. The van der Waals surface area contributed by atoms with Crippen LogP contribution >= 0.6 is 0 Å². The van der Waals surface area contributed by atoms with Crippen molar-refractivity contribution in [3.8, 4) is 22.8 Å². The van der Waals surface area contributed by atoms with Gasteiger partial charge in [0, 0.05) is 24.6 Å². The fourth-order valence-corrected chi connectivity index (χ4v) is 3.34. The zero-order chi connectivity index (χ0) is 23.1. The van der Waals surface area contributed by atoms with Crippen molar-refractivity contribution in [3.63, 3.8) is 0 Å². The van der Waals surface area contributed by atoms with Crippen LogP contribution in [-0.4, -0.2) is 36.5 Å². The van der Waals surface area contributed by atoms with E-state index < -0.39 is 0 Å². The molecule has 0 spiro atoms. The van der Waals surface area contributed by atoms with Crippen molar-refractivity contribution in [2.24, 2.45) is 0 Å². The largest absolute Gasteiger partial charge is 0.493 e. The summed E-state index contributed by atoms with van der Waals surface area (Å²) in [4.78, 5) is 24.5. The van der Waals surface area contributed by atoms with Crippen LogP contribution in [0, 0.1) is 13.8 Å². The van der Waals surface area contributed by atoms with Crippen LogP contribution in [0.5, 0.6) is 11.5 Å². The second-order valence-electron chi connectivity index (χ2n) is 7.62. The van der Waals surface area contributed by atoms with E-state index in [-0.39, 0.29) is 24.4 Å². The van der Waals surface area contributed by atoms with Crippen molar-refractivity contribution in [1.82, 2.24) is 15.1 Å². The first kappa shape index (κ1) is 23.1. The Hall–Kier alpha value is -3.61. The van der Waals surface area contributed by atoms with Gasteiger partial charge in [0.2, 0.25) is 5.91 Å². The summed E-state index contributed by atoms with van der Waals surface area (Å²) in [5, 5.41) is 7.34. The predicted molar refractivity (Wildman–Crippen MR) is 124 cm³/mol. The van der Waals surface area contributed by atoms with Gasteiger partial charge in [-0.05, 0) is 61.2 Å². The van der Waals surface area contributed by atoms with E-state index in [0.29, 0.717) is 30.2 Å². The molecule has 0 aliphatic heterocycles. The first-order valence-electron chi connectivity index (χ1n) is 10.5. The molecule has 7 heteroatoms. The molecule has 0 saturated carbocycles. The number of hydrogen-bond acceptors (Lipinski definition) is 5. The molecule has 0 unspecified atom stereocenters. The number of amides is 1. The summed E-state index contributed by atoms with van der Waals surface area (Å²) in [6, 6.07) is 15.0. The van der Waals surface area contributed by atoms with Crippen molar-refractivity contribution in [1.29, 1.82) is 0 Å². The number of nitrogens with one attached hydrogen (secondary N) is 1. The van der Waals surface area contributed by atoms with Gasteiger partial charge in [-0.2, -0.15) is 5.10 Å². The van der Waals surface area contributed by atoms with Gasteiger partial charge in [-0.3, -0.25) is 9.59 Å². The Bertz CT molecular complexity index is 1150. The van der Waals surface area contributed by atoms with Gasteiger partial charge in [0.15, 0.2) is 11.5 Å². The Balaban J connectivity index is 1.55. The average Bonchev–Trinajstić information content (AvgIpc) is 2.80. The lowest BCUT2D eigenvalue weighted by atomic mass is 10.0. The molecule has 1 heterocycles. The molecule has 3 rings (SSSR count). The zero-order valence-electron chi connectivity index (χ0n) is 19.0. The van der Waals surface area contributed by atoms with Crippen LogP contribution in [-0.2, 0) is 17.8 Å². The molecule has 0 fully saturated rings. The van der Waals surface area contributed by atoms with Gasteiger partial charge in [-0.15, -0.1) is 0 Å². The van der Waals surface area contributed by atoms with Crippen LogP contribution in [0.3, 0.4) is 0 Å². The lowest BCUT2D eigenvalue weighted by Gasteiger charge is -2.11. The first-order valence-corrected chi connectivity index (χ1v) is 10.5. The van der Waals surface area contributed by atoms with Crippen molar-refractivity contribution in [3.05, 3.63) is 75.6 Å². The third-order valence-corrected chi connectivity index (χ3v) is 5.40. The van der Waals surface area contributed by atoms with E-state index in [2.05, 4.69) is 17.3 Å². The molecule has 0 bridgehead atoms. The number of hydrogen-bond donors (Lipinski definition) is 1. The van der Waals surface area contributed by atoms with Gasteiger partial charge >= 0.3 is 0 Å². The van der Waals surface area contributed by atoms with Crippen LogP contribution in [0.4, 0.5) is 0 Å². The highest BCUT2D eigenvalue weighted by atomic mass is 16.5. The van der Waals surface area contributed by atoms with Gasteiger partial charge in [0.05, 0.1) is 26.5 Å². The summed E-state index contributed by atoms with van der Waals surface area (Å²) in [7, 11) is 3.18. The minimum Gasteiger partial charge on any atom is -0.493 e. The Morgan fingerprint density at radius 3 is 2.47 bits per heavy atom. The molecule has 2 aromatic carbocycles. The van der Waals surface area contributed by atoms with E-state index in [9.17, 15) is 9.59 Å². The smallest absolute Gasteiger partial charge is 0.266 e. The Labute approximate surface area is 188 Å². The van der Waals surface area contributed by atoms with Crippen molar-refractivity contribution in [2.45, 2.75) is 33.2 Å². The molecule has 3 aromatic rings. The summed E-state index contributed by atoms with van der Waals surface area (Å²) in [6.45, 7) is 4.80. The van der Waals surface area contributed by atoms with Crippen molar-refractivity contribution >= 4 is 5.91 Å². The number of carbonyl (C=O) groups excluding carboxylic acids is 1. The topological polar surface area (TPSA) is 82.5 Å². The lowest BCUT2D eigenvalue weighted by molar-refractivity contribution is -0.121. The lowest BCUT2D eigenvalue weighted by Crippen LogP contribution is -2.29. The zero-order valence-corrected chi connectivity index (χ0v) is 19.0. The molecular weight excluding hydrogens is 406 g/mol. The molecular formula is C25H29N3O4. The molecule has 1 N–H and O–H groups in total. The molecule has 0 saturated heterocycles. The summed E-state index contributed by atoms with van der Waals surface area (Å²) in [5.74, 6) is 1.20. The van der Waals surface area contributed by atoms with Gasteiger partial charge in [0.25, 0.3) is 5.56 Å². The standard InChI is InChI=1S/C25H29N3O4/c1-17-5-7-20(15-18(17)2)21-8-10-25(30)28(27-21)14-12-24(29)26-13-11-19-6-9-22(31-3)23(16-19)32-4/h5-10,15-16H,11-14H2,1-4H3,(H,26,29). The molecule has 1 amide bonds. The van der Waals surface area contributed by atoms with Crippen LogP contribution < -0.4 is 20.3 Å². The van der Waals surface area contributed by atoms with Gasteiger partial charge < -0.3 is 14.8 Å². The van der Waals surface area contributed by atoms with Gasteiger partial charge in [-0.25, -0.2) is 4.68 Å². The molecule has 32 heavy (non-hydrogen) atoms. The van der Waals surface area contributed by atoms with E-state index in [1.165, 1.54) is 16.3 Å². The highest BCUT2D eigenvalue weighted by Crippen LogP contribution is 2.27. The van der Waals surface area contributed by atoms with E-state index in [4.69, 9.17) is 9.47 Å².